The van der Waals surface area contributed by atoms with Crippen LogP contribution in [0, 0.1) is 17.8 Å². The van der Waals surface area contributed by atoms with Gasteiger partial charge in [0.15, 0.2) is 0 Å². The van der Waals surface area contributed by atoms with Gasteiger partial charge in [0.2, 0.25) is 0 Å². The van der Waals surface area contributed by atoms with Crippen LogP contribution in [-0.4, -0.2) is 23.8 Å². The van der Waals surface area contributed by atoms with Gasteiger partial charge >= 0.3 is 5.97 Å². The van der Waals surface area contributed by atoms with E-state index >= 15 is 0 Å². The summed E-state index contributed by atoms with van der Waals surface area (Å²) in [5.74, 6) is -0.0919. The lowest BCUT2D eigenvalue weighted by molar-refractivity contribution is -0.141. The van der Waals surface area contributed by atoms with E-state index in [9.17, 15) is 4.79 Å². The van der Waals surface area contributed by atoms with Crippen LogP contribution >= 0.6 is 0 Å². The van der Waals surface area contributed by atoms with Gasteiger partial charge in [-0.15, -0.1) is 0 Å². The van der Waals surface area contributed by atoms with E-state index in [2.05, 4.69) is 6.92 Å². The quantitative estimate of drug-likeness (QED) is 0.736. The molecule has 0 aromatic heterocycles. The topological polar surface area (TPSA) is 72.5 Å². The molecule has 4 nitrogen and oxygen atoms in total. The third-order valence-corrected chi connectivity index (χ3v) is 3.54. The third-order valence-electron chi connectivity index (χ3n) is 3.54. The highest BCUT2D eigenvalue weighted by Gasteiger charge is 2.37. The number of aliphatic carboxylic acids is 1. The van der Waals surface area contributed by atoms with Crippen molar-refractivity contribution < 1.29 is 14.6 Å². The van der Waals surface area contributed by atoms with Gasteiger partial charge in [0.05, 0.1) is 19.1 Å². The van der Waals surface area contributed by atoms with E-state index in [0.717, 1.165) is 5.70 Å². The Morgan fingerprint density at radius 3 is 3.12 bits per heavy atom. The highest BCUT2D eigenvalue weighted by molar-refractivity contribution is 5.67. The molecule has 2 rings (SSSR count). The molecule has 1 saturated heterocycles. The van der Waals surface area contributed by atoms with Crippen LogP contribution < -0.4 is 5.73 Å². The third kappa shape index (κ3) is 2.11. The highest BCUT2D eigenvalue weighted by atomic mass is 16.5. The molecule has 4 heteroatoms. The number of hydrogen-bond donors (Lipinski definition) is 2. The first-order chi connectivity index (χ1) is 7.58. The number of carboxylic acids is 1. The van der Waals surface area contributed by atoms with E-state index in [4.69, 9.17) is 15.6 Å². The van der Waals surface area contributed by atoms with Crippen LogP contribution in [0.15, 0.2) is 23.9 Å². The van der Waals surface area contributed by atoms with Crippen molar-refractivity contribution in [3.05, 3.63) is 23.9 Å². The number of carbonyl (C=O) groups is 1. The van der Waals surface area contributed by atoms with Crippen LogP contribution in [0.5, 0.6) is 0 Å². The second kappa shape index (κ2) is 4.29. The van der Waals surface area contributed by atoms with Crippen molar-refractivity contribution in [2.24, 2.45) is 23.5 Å². The Labute approximate surface area is 94.8 Å². The fourth-order valence-corrected chi connectivity index (χ4v) is 2.49. The summed E-state index contributed by atoms with van der Waals surface area (Å²) in [6.45, 7) is 2.60. The lowest BCUT2D eigenvalue weighted by atomic mass is 9.75. The number of hydrogen-bond acceptors (Lipinski definition) is 3. The molecular formula is C12H17NO3. The fourth-order valence-electron chi connectivity index (χ4n) is 2.49. The van der Waals surface area contributed by atoms with Crippen LogP contribution in [0.1, 0.15) is 13.3 Å². The van der Waals surface area contributed by atoms with Crippen molar-refractivity contribution in [2.75, 3.05) is 6.61 Å². The normalized spacial score (nSPS) is 37.7. The molecule has 3 N–H and O–H groups in total. The smallest absolute Gasteiger partial charge is 0.303 e. The van der Waals surface area contributed by atoms with Crippen molar-refractivity contribution in [3.8, 4) is 0 Å². The summed E-state index contributed by atoms with van der Waals surface area (Å²) in [6, 6.07) is 0. The molecule has 1 aliphatic carbocycles. The molecule has 0 spiro atoms. The second-order valence-electron chi connectivity index (χ2n) is 4.62. The Hall–Kier alpha value is -1.29. The van der Waals surface area contributed by atoms with Crippen LogP contribution in [0.4, 0.5) is 0 Å². The van der Waals surface area contributed by atoms with Crippen LogP contribution in [-0.2, 0) is 9.53 Å². The standard InChI is InChI=1S/C12H17NO3/c1-7-8(4-12(14)15)6-16-11-5-9(13)2-3-10(7)11/h2-3,5,7-8,10-11H,4,6,13H2,1H3,(H,14,15). The SMILES string of the molecule is CC1C(CC(=O)O)COC2C=C(N)C=CC21. The molecule has 0 bridgehead atoms. The minimum atomic E-state index is -0.756. The average molecular weight is 223 g/mol. The molecular weight excluding hydrogens is 206 g/mol. The molecule has 1 fully saturated rings. The van der Waals surface area contributed by atoms with Gasteiger partial charge in [-0.1, -0.05) is 13.0 Å². The summed E-state index contributed by atoms with van der Waals surface area (Å²) >= 11 is 0. The number of nitrogens with two attached hydrogens (primary N) is 1. The summed E-state index contributed by atoms with van der Waals surface area (Å²) in [5, 5.41) is 8.82. The van der Waals surface area contributed by atoms with E-state index in [1.54, 1.807) is 0 Å². The molecule has 1 aliphatic heterocycles. The largest absolute Gasteiger partial charge is 0.481 e. The molecule has 0 aromatic carbocycles. The maximum atomic E-state index is 10.7. The average Bonchev–Trinajstić information content (AvgIpc) is 2.22. The number of rotatable bonds is 2. The highest BCUT2D eigenvalue weighted by Crippen LogP contribution is 2.36. The summed E-state index contributed by atoms with van der Waals surface area (Å²) in [4.78, 5) is 10.7. The fraction of sp³-hybridized carbons (Fsp3) is 0.583. The summed E-state index contributed by atoms with van der Waals surface area (Å²) in [7, 11) is 0. The number of allylic oxidation sites excluding steroid dienone is 1. The first kappa shape index (κ1) is 11.2. The molecule has 88 valence electrons. The molecule has 0 amide bonds. The maximum absolute atomic E-state index is 10.7. The van der Waals surface area contributed by atoms with E-state index in [1.165, 1.54) is 0 Å². The summed E-state index contributed by atoms with van der Waals surface area (Å²) in [6.07, 6.45) is 6.03. The zero-order chi connectivity index (χ0) is 11.7. The lowest BCUT2D eigenvalue weighted by Gasteiger charge is -2.40. The first-order valence-corrected chi connectivity index (χ1v) is 5.57. The predicted molar refractivity (Wildman–Crippen MR) is 59.5 cm³/mol. The van der Waals surface area contributed by atoms with Gasteiger partial charge in [0.1, 0.15) is 0 Å². The Morgan fingerprint density at radius 1 is 1.69 bits per heavy atom. The number of ether oxygens (including phenoxy) is 1. The molecule has 4 atom stereocenters. The van der Waals surface area contributed by atoms with Gasteiger partial charge in [0.25, 0.3) is 0 Å². The van der Waals surface area contributed by atoms with Crippen molar-refractivity contribution >= 4 is 5.97 Å². The molecule has 16 heavy (non-hydrogen) atoms. The van der Waals surface area contributed by atoms with E-state index < -0.39 is 5.97 Å². The van der Waals surface area contributed by atoms with Crippen molar-refractivity contribution in [1.29, 1.82) is 0 Å². The van der Waals surface area contributed by atoms with E-state index in [1.807, 2.05) is 18.2 Å². The zero-order valence-corrected chi connectivity index (χ0v) is 9.30. The molecule has 0 aromatic rings. The first-order valence-electron chi connectivity index (χ1n) is 5.57. The van der Waals surface area contributed by atoms with Gasteiger partial charge < -0.3 is 15.6 Å². The number of fused-ring (bicyclic) bond motifs is 1. The Morgan fingerprint density at radius 2 is 2.44 bits per heavy atom. The minimum absolute atomic E-state index is 0.0186. The monoisotopic (exact) mass is 223 g/mol. The van der Waals surface area contributed by atoms with E-state index in [0.29, 0.717) is 12.5 Å². The molecule has 2 aliphatic rings. The Balaban J connectivity index is 2.08. The second-order valence-corrected chi connectivity index (χ2v) is 4.62. The minimum Gasteiger partial charge on any atom is -0.481 e. The Kier molecular flexibility index (Phi) is 3.01. The van der Waals surface area contributed by atoms with Gasteiger partial charge in [0, 0.05) is 11.6 Å². The van der Waals surface area contributed by atoms with Crippen molar-refractivity contribution in [2.45, 2.75) is 19.4 Å². The van der Waals surface area contributed by atoms with Gasteiger partial charge in [-0.2, -0.15) is 0 Å². The van der Waals surface area contributed by atoms with Crippen molar-refractivity contribution in [1.82, 2.24) is 0 Å². The molecule has 1 heterocycles. The molecule has 0 radical (unpaired) electrons. The zero-order valence-electron chi connectivity index (χ0n) is 9.30. The van der Waals surface area contributed by atoms with Gasteiger partial charge in [-0.3, -0.25) is 4.79 Å². The van der Waals surface area contributed by atoms with Crippen LogP contribution in [0.3, 0.4) is 0 Å². The molecule has 0 saturated carbocycles. The lowest BCUT2D eigenvalue weighted by Crippen LogP contribution is -2.41. The Bertz CT molecular complexity index is 348. The molecule has 4 unspecified atom stereocenters. The number of carboxylic acid groups (broad SMARTS) is 1. The van der Waals surface area contributed by atoms with Crippen LogP contribution in [0.25, 0.3) is 0 Å². The van der Waals surface area contributed by atoms with Crippen molar-refractivity contribution in [3.63, 3.8) is 0 Å². The van der Waals surface area contributed by atoms with Gasteiger partial charge in [-0.25, -0.2) is 0 Å². The van der Waals surface area contributed by atoms with E-state index in [-0.39, 0.29) is 24.4 Å². The maximum Gasteiger partial charge on any atom is 0.303 e. The predicted octanol–water partition coefficient (Wildman–Crippen LogP) is 1.14. The van der Waals surface area contributed by atoms with Crippen LogP contribution in [0.2, 0.25) is 0 Å². The summed E-state index contributed by atoms with van der Waals surface area (Å²) < 4.78 is 5.67. The van der Waals surface area contributed by atoms with Gasteiger partial charge in [-0.05, 0) is 24.0 Å². The summed E-state index contributed by atoms with van der Waals surface area (Å²) in [5.41, 5.74) is 6.43.